The van der Waals surface area contributed by atoms with Crippen LogP contribution in [-0.2, 0) is 0 Å². The lowest BCUT2D eigenvalue weighted by Gasteiger charge is -2.20. The van der Waals surface area contributed by atoms with Crippen molar-refractivity contribution in [3.63, 3.8) is 0 Å². The third kappa shape index (κ3) is 2.40. The van der Waals surface area contributed by atoms with Crippen molar-refractivity contribution in [2.24, 2.45) is 5.92 Å². The first-order valence-corrected chi connectivity index (χ1v) is 5.76. The van der Waals surface area contributed by atoms with Crippen LogP contribution in [0.2, 0.25) is 0 Å². The molecule has 0 N–H and O–H groups in total. The van der Waals surface area contributed by atoms with E-state index in [2.05, 4.69) is 0 Å². The van der Waals surface area contributed by atoms with E-state index in [-0.39, 0.29) is 11.5 Å². The van der Waals surface area contributed by atoms with Gasteiger partial charge in [-0.3, -0.25) is 4.79 Å². The van der Waals surface area contributed by atoms with Crippen LogP contribution in [0.15, 0.2) is 24.3 Å². The van der Waals surface area contributed by atoms with E-state index in [4.69, 9.17) is 0 Å². The first-order valence-electron chi connectivity index (χ1n) is 5.76. The summed E-state index contributed by atoms with van der Waals surface area (Å²) in [6.45, 7) is 3.34. The van der Waals surface area contributed by atoms with Crippen LogP contribution in [0.25, 0.3) is 0 Å². The third-order valence-corrected chi connectivity index (χ3v) is 2.95. The molecule has 2 nitrogen and oxygen atoms in total. The fourth-order valence-electron chi connectivity index (χ4n) is 1.77. The Morgan fingerprint density at radius 3 is 2.69 bits per heavy atom. The zero-order chi connectivity index (χ0) is 11.5. The van der Waals surface area contributed by atoms with Crippen LogP contribution in [0.3, 0.4) is 0 Å². The quantitative estimate of drug-likeness (QED) is 0.765. The Labute approximate surface area is 95.1 Å². The standard InChI is InChI=1S/C13H16FNO/c1-2-15(9-10-7-8-10)13(16)11-5-3-4-6-12(11)14/h3-6,10H,2,7-9H2,1H3. The van der Waals surface area contributed by atoms with E-state index in [0.29, 0.717) is 12.5 Å². The molecule has 0 bridgehead atoms. The summed E-state index contributed by atoms with van der Waals surface area (Å²) in [5, 5.41) is 0. The summed E-state index contributed by atoms with van der Waals surface area (Å²) < 4.78 is 13.4. The zero-order valence-corrected chi connectivity index (χ0v) is 9.45. The molecule has 86 valence electrons. The molecule has 1 aliphatic rings. The Morgan fingerprint density at radius 1 is 1.44 bits per heavy atom. The highest BCUT2D eigenvalue weighted by Gasteiger charge is 2.27. The molecule has 1 aromatic carbocycles. The molecule has 1 aromatic rings. The molecule has 1 fully saturated rings. The lowest BCUT2D eigenvalue weighted by Crippen LogP contribution is -2.33. The number of hydrogen-bond acceptors (Lipinski definition) is 1. The van der Waals surface area contributed by atoms with Gasteiger partial charge in [-0.05, 0) is 37.8 Å². The van der Waals surface area contributed by atoms with Gasteiger partial charge in [-0.25, -0.2) is 4.39 Å². The number of benzene rings is 1. The Balaban J connectivity index is 2.12. The van der Waals surface area contributed by atoms with Gasteiger partial charge in [0.05, 0.1) is 5.56 Å². The molecule has 3 heteroatoms. The molecule has 0 spiro atoms. The van der Waals surface area contributed by atoms with Crippen molar-refractivity contribution < 1.29 is 9.18 Å². The van der Waals surface area contributed by atoms with E-state index in [1.807, 2.05) is 6.92 Å². The minimum atomic E-state index is -0.429. The predicted octanol–water partition coefficient (Wildman–Crippen LogP) is 2.70. The maximum atomic E-state index is 13.4. The van der Waals surface area contributed by atoms with Crippen LogP contribution < -0.4 is 0 Å². The number of nitrogens with zero attached hydrogens (tertiary/aromatic N) is 1. The van der Waals surface area contributed by atoms with Crippen molar-refractivity contribution in [2.75, 3.05) is 13.1 Å². The molecule has 0 aromatic heterocycles. The van der Waals surface area contributed by atoms with Crippen molar-refractivity contribution in [3.05, 3.63) is 35.6 Å². The largest absolute Gasteiger partial charge is 0.339 e. The van der Waals surface area contributed by atoms with E-state index in [0.717, 1.165) is 6.54 Å². The molecule has 1 saturated carbocycles. The molecule has 2 rings (SSSR count). The fraction of sp³-hybridized carbons (Fsp3) is 0.462. The van der Waals surface area contributed by atoms with Gasteiger partial charge in [0.25, 0.3) is 5.91 Å². The molecule has 0 atom stereocenters. The Bertz CT molecular complexity index is 387. The number of halogens is 1. The Hall–Kier alpha value is -1.38. The molecular weight excluding hydrogens is 205 g/mol. The van der Waals surface area contributed by atoms with E-state index in [9.17, 15) is 9.18 Å². The molecule has 0 heterocycles. The lowest BCUT2D eigenvalue weighted by molar-refractivity contribution is 0.0752. The Morgan fingerprint density at radius 2 is 2.12 bits per heavy atom. The summed E-state index contributed by atoms with van der Waals surface area (Å²) >= 11 is 0. The number of rotatable bonds is 4. The van der Waals surface area contributed by atoms with E-state index < -0.39 is 5.82 Å². The number of carbonyl (C=O) groups is 1. The van der Waals surface area contributed by atoms with Gasteiger partial charge < -0.3 is 4.90 Å². The Kier molecular flexibility index (Phi) is 3.22. The maximum Gasteiger partial charge on any atom is 0.256 e. The van der Waals surface area contributed by atoms with Gasteiger partial charge in [-0.1, -0.05) is 12.1 Å². The van der Waals surface area contributed by atoms with Crippen LogP contribution in [0.5, 0.6) is 0 Å². The normalized spacial score (nSPS) is 14.9. The summed E-state index contributed by atoms with van der Waals surface area (Å²) in [5.74, 6) is 0.0184. The van der Waals surface area contributed by atoms with E-state index in [1.54, 1.807) is 23.1 Å². The second-order valence-electron chi connectivity index (χ2n) is 4.27. The summed E-state index contributed by atoms with van der Waals surface area (Å²) in [5.41, 5.74) is 0.185. The van der Waals surface area contributed by atoms with Crippen LogP contribution in [0.4, 0.5) is 4.39 Å². The highest BCUT2D eigenvalue weighted by molar-refractivity contribution is 5.94. The molecular formula is C13H16FNO. The van der Waals surface area contributed by atoms with Crippen molar-refractivity contribution in [3.8, 4) is 0 Å². The molecule has 0 aliphatic heterocycles. The minimum Gasteiger partial charge on any atom is -0.339 e. The average Bonchev–Trinajstić information content (AvgIpc) is 3.09. The van der Waals surface area contributed by atoms with Gasteiger partial charge in [0.2, 0.25) is 0 Å². The fourth-order valence-corrected chi connectivity index (χ4v) is 1.77. The first kappa shape index (κ1) is 11.1. The van der Waals surface area contributed by atoms with Crippen LogP contribution >= 0.6 is 0 Å². The second-order valence-corrected chi connectivity index (χ2v) is 4.27. The van der Waals surface area contributed by atoms with Crippen molar-refractivity contribution in [1.82, 2.24) is 4.90 Å². The SMILES string of the molecule is CCN(CC1CC1)C(=O)c1ccccc1F. The molecule has 1 aliphatic carbocycles. The first-order chi connectivity index (χ1) is 7.72. The number of carbonyl (C=O) groups excluding carboxylic acids is 1. The molecule has 16 heavy (non-hydrogen) atoms. The van der Waals surface area contributed by atoms with Crippen LogP contribution in [0.1, 0.15) is 30.1 Å². The average molecular weight is 221 g/mol. The van der Waals surface area contributed by atoms with Crippen molar-refractivity contribution >= 4 is 5.91 Å². The summed E-state index contributed by atoms with van der Waals surface area (Å²) in [6, 6.07) is 6.18. The van der Waals surface area contributed by atoms with Gasteiger partial charge in [0.15, 0.2) is 0 Å². The van der Waals surface area contributed by atoms with E-state index in [1.165, 1.54) is 18.9 Å². The predicted molar refractivity (Wildman–Crippen MR) is 60.7 cm³/mol. The van der Waals surface area contributed by atoms with Crippen molar-refractivity contribution in [1.29, 1.82) is 0 Å². The lowest BCUT2D eigenvalue weighted by atomic mass is 10.2. The minimum absolute atomic E-state index is 0.185. The summed E-state index contributed by atoms with van der Waals surface area (Å²) in [6.07, 6.45) is 2.39. The van der Waals surface area contributed by atoms with Crippen LogP contribution in [0, 0.1) is 11.7 Å². The van der Waals surface area contributed by atoms with Crippen LogP contribution in [-0.4, -0.2) is 23.9 Å². The molecule has 0 saturated heterocycles. The summed E-state index contributed by atoms with van der Waals surface area (Å²) in [4.78, 5) is 13.8. The molecule has 0 unspecified atom stereocenters. The molecule has 1 amide bonds. The number of hydrogen-bond donors (Lipinski definition) is 0. The van der Waals surface area contributed by atoms with Gasteiger partial charge in [0, 0.05) is 13.1 Å². The monoisotopic (exact) mass is 221 g/mol. The van der Waals surface area contributed by atoms with Gasteiger partial charge in [-0.2, -0.15) is 0 Å². The van der Waals surface area contributed by atoms with Gasteiger partial charge in [-0.15, -0.1) is 0 Å². The topological polar surface area (TPSA) is 20.3 Å². The van der Waals surface area contributed by atoms with E-state index >= 15 is 0 Å². The molecule has 0 radical (unpaired) electrons. The zero-order valence-electron chi connectivity index (χ0n) is 9.45. The smallest absolute Gasteiger partial charge is 0.256 e. The summed E-state index contributed by atoms with van der Waals surface area (Å²) in [7, 11) is 0. The highest BCUT2D eigenvalue weighted by atomic mass is 19.1. The van der Waals surface area contributed by atoms with Crippen molar-refractivity contribution in [2.45, 2.75) is 19.8 Å². The maximum absolute atomic E-state index is 13.4. The highest BCUT2D eigenvalue weighted by Crippen LogP contribution is 2.30. The third-order valence-electron chi connectivity index (χ3n) is 2.95. The second kappa shape index (κ2) is 4.64. The number of amides is 1. The van der Waals surface area contributed by atoms with Gasteiger partial charge in [0.1, 0.15) is 5.82 Å². The van der Waals surface area contributed by atoms with Gasteiger partial charge >= 0.3 is 0 Å².